The molecule has 0 unspecified atom stereocenters. The number of rotatable bonds is 3. The number of nitrogens with zero attached hydrogens (tertiary/aromatic N) is 2. The molecular formula is C25H24N4O2. The maximum Gasteiger partial charge on any atom is 0.261 e. The number of aryl methyl sites for hydroxylation is 2. The molecule has 0 fully saturated rings. The van der Waals surface area contributed by atoms with Crippen LogP contribution in [0.25, 0.3) is 0 Å². The highest BCUT2D eigenvalue weighted by Gasteiger charge is 2.38. The highest BCUT2D eigenvalue weighted by Crippen LogP contribution is 2.42. The van der Waals surface area contributed by atoms with Crippen LogP contribution in [0.2, 0.25) is 0 Å². The van der Waals surface area contributed by atoms with Crippen LogP contribution in [-0.4, -0.2) is 21.5 Å². The molecule has 0 saturated heterocycles. The van der Waals surface area contributed by atoms with Gasteiger partial charge in [-0.1, -0.05) is 42.0 Å². The van der Waals surface area contributed by atoms with Gasteiger partial charge in [-0.2, -0.15) is 5.10 Å². The number of anilines is 2. The average Bonchev–Trinajstić information content (AvgIpc) is 3.18. The van der Waals surface area contributed by atoms with Gasteiger partial charge in [0, 0.05) is 23.4 Å². The van der Waals surface area contributed by atoms with E-state index in [9.17, 15) is 9.59 Å². The summed E-state index contributed by atoms with van der Waals surface area (Å²) >= 11 is 0. The highest BCUT2D eigenvalue weighted by molar-refractivity contribution is 6.08. The van der Waals surface area contributed by atoms with Gasteiger partial charge in [0.15, 0.2) is 5.78 Å². The summed E-state index contributed by atoms with van der Waals surface area (Å²) in [6.07, 6.45) is 3.72. The normalized spacial score (nSPS) is 17.6. The van der Waals surface area contributed by atoms with Crippen molar-refractivity contribution in [1.82, 2.24) is 9.78 Å². The van der Waals surface area contributed by atoms with Crippen molar-refractivity contribution in [2.24, 2.45) is 0 Å². The fourth-order valence-electron chi connectivity index (χ4n) is 4.44. The van der Waals surface area contributed by atoms with E-state index in [1.807, 2.05) is 62.4 Å². The summed E-state index contributed by atoms with van der Waals surface area (Å²) < 4.78 is 1.79. The van der Waals surface area contributed by atoms with E-state index in [0.29, 0.717) is 17.8 Å². The van der Waals surface area contributed by atoms with E-state index in [2.05, 4.69) is 15.7 Å². The van der Waals surface area contributed by atoms with Crippen LogP contribution >= 0.6 is 0 Å². The fraction of sp³-hybridized carbons (Fsp3) is 0.240. The summed E-state index contributed by atoms with van der Waals surface area (Å²) in [6, 6.07) is 15.4. The Morgan fingerprint density at radius 1 is 1.10 bits per heavy atom. The zero-order chi connectivity index (χ0) is 21.5. The van der Waals surface area contributed by atoms with Crippen molar-refractivity contribution in [2.75, 3.05) is 10.6 Å². The Bertz CT molecular complexity index is 1220. The first kappa shape index (κ1) is 19.3. The first-order valence-corrected chi connectivity index (χ1v) is 10.6. The van der Waals surface area contributed by atoms with Gasteiger partial charge in [0.05, 0.1) is 6.20 Å². The van der Waals surface area contributed by atoms with Crippen LogP contribution in [0.15, 0.2) is 66.0 Å². The molecule has 3 aromatic rings. The molecule has 2 aromatic carbocycles. The van der Waals surface area contributed by atoms with Crippen LogP contribution in [-0.2, 0) is 4.79 Å². The fourth-order valence-corrected chi connectivity index (χ4v) is 4.44. The molecule has 1 atom stereocenters. The zero-order valence-electron chi connectivity index (χ0n) is 17.6. The average molecular weight is 412 g/mol. The van der Waals surface area contributed by atoms with Crippen molar-refractivity contribution in [2.45, 2.75) is 39.2 Å². The Kier molecular flexibility index (Phi) is 4.70. The van der Waals surface area contributed by atoms with Crippen LogP contribution in [0.3, 0.4) is 0 Å². The van der Waals surface area contributed by atoms with Gasteiger partial charge in [-0.3, -0.25) is 9.59 Å². The third kappa shape index (κ3) is 3.34. The number of allylic oxidation sites excluding steroid dienone is 2. The first-order valence-electron chi connectivity index (χ1n) is 10.6. The number of aromatic nitrogens is 2. The molecule has 156 valence electrons. The first-order chi connectivity index (χ1) is 15.0. The Hall–Kier alpha value is -3.67. The van der Waals surface area contributed by atoms with E-state index >= 15 is 0 Å². The number of hydrogen-bond donors (Lipinski definition) is 2. The van der Waals surface area contributed by atoms with Crippen LogP contribution in [0, 0.1) is 13.8 Å². The van der Waals surface area contributed by atoms with Crippen LogP contribution in [0.4, 0.5) is 11.5 Å². The summed E-state index contributed by atoms with van der Waals surface area (Å²) in [6.45, 7) is 4.05. The number of benzene rings is 2. The van der Waals surface area contributed by atoms with Gasteiger partial charge in [0.2, 0.25) is 0 Å². The minimum Gasteiger partial charge on any atom is -0.343 e. The second-order valence-electron chi connectivity index (χ2n) is 8.22. The Morgan fingerprint density at radius 2 is 1.87 bits per heavy atom. The van der Waals surface area contributed by atoms with E-state index in [-0.39, 0.29) is 17.7 Å². The molecule has 1 aromatic heterocycles. The zero-order valence-corrected chi connectivity index (χ0v) is 17.6. The molecule has 0 radical (unpaired) electrons. The Labute approximate surface area is 181 Å². The van der Waals surface area contributed by atoms with Gasteiger partial charge in [0.25, 0.3) is 5.91 Å². The third-order valence-corrected chi connectivity index (χ3v) is 6.08. The van der Waals surface area contributed by atoms with Gasteiger partial charge in [-0.25, -0.2) is 4.68 Å². The SMILES string of the molecule is Cc1ccc(NC(=O)c2cnn3c2NC2=C(C(=O)CCC2)[C@@H]3c2ccccc2C)cc1. The van der Waals surface area contributed by atoms with E-state index in [1.165, 1.54) is 0 Å². The minimum absolute atomic E-state index is 0.147. The van der Waals surface area contributed by atoms with E-state index < -0.39 is 0 Å². The molecule has 6 heteroatoms. The van der Waals surface area contributed by atoms with Crippen molar-refractivity contribution in [3.8, 4) is 0 Å². The van der Waals surface area contributed by atoms with E-state index in [0.717, 1.165) is 46.5 Å². The van der Waals surface area contributed by atoms with Crippen molar-refractivity contribution in [3.63, 3.8) is 0 Å². The number of carbonyl (C=O) groups excluding carboxylic acids is 2. The van der Waals surface area contributed by atoms with Crippen LogP contribution in [0.1, 0.15) is 52.4 Å². The number of fused-ring (bicyclic) bond motifs is 1. The van der Waals surface area contributed by atoms with Crippen molar-refractivity contribution >= 4 is 23.2 Å². The molecule has 0 saturated carbocycles. The van der Waals surface area contributed by atoms with Gasteiger partial charge < -0.3 is 10.6 Å². The van der Waals surface area contributed by atoms with Gasteiger partial charge >= 0.3 is 0 Å². The number of ketones is 1. The number of Topliss-reactive ketones (excluding diaryl/α,β-unsaturated/α-hetero) is 1. The van der Waals surface area contributed by atoms with Crippen molar-refractivity contribution < 1.29 is 9.59 Å². The summed E-state index contributed by atoms with van der Waals surface area (Å²) in [7, 11) is 0. The topological polar surface area (TPSA) is 76.0 Å². The molecule has 2 N–H and O–H groups in total. The summed E-state index contributed by atoms with van der Waals surface area (Å²) in [4.78, 5) is 26.0. The third-order valence-electron chi connectivity index (χ3n) is 6.08. The quantitative estimate of drug-likeness (QED) is 0.649. The lowest BCUT2D eigenvalue weighted by atomic mass is 9.84. The molecule has 1 aliphatic carbocycles. The highest BCUT2D eigenvalue weighted by atomic mass is 16.1. The number of nitrogens with one attached hydrogen (secondary N) is 2. The summed E-state index contributed by atoms with van der Waals surface area (Å²) in [5, 5.41) is 10.9. The number of carbonyl (C=O) groups is 2. The molecule has 31 heavy (non-hydrogen) atoms. The standard InChI is InChI=1S/C25H24N4O2/c1-15-10-12-17(13-11-15)27-25(31)19-14-26-29-23(18-7-4-3-6-16(18)2)22-20(28-24(19)29)8-5-9-21(22)30/h3-4,6-7,10-14,23,28H,5,8-9H2,1-2H3,(H,27,31)/t23-/m0/s1. The Morgan fingerprint density at radius 3 is 2.65 bits per heavy atom. The van der Waals surface area contributed by atoms with Crippen molar-refractivity contribution in [3.05, 3.63) is 88.3 Å². The van der Waals surface area contributed by atoms with Crippen LogP contribution in [0.5, 0.6) is 0 Å². The smallest absolute Gasteiger partial charge is 0.261 e. The predicted molar refractivity (Wildman–Crippen MR) is 120 cm³/mol. The predicted octanol–water partition coefficient (Wildman–Crippen LogP) is 4.77. The van der Waals surface area contributed by atoms with E-state index in [1.54, 1.807) is 10.9 Å². The monoisotopic (exact) mass is 412 g/mol. The molecule has 6 nitrogen and oxygen atoms in total. The van der Waals surface area contributed by atoms with Gasteiger partial charge in [-0.05, 0) is 49.9 Å². The van der Waals surface area contributed by atoms with E-state index in [4.69, 9.17) is 0 Å². The molecule has 1 aliphatic heterocycles. The molecule has 2 heterocycles. The summed E-state index contributed by atoms with van der Waals surface area (Å²) in [5.74, 6) is 0.549. The molecular weight excluding hydrogens is 388 g/mol. The number of amides is 1. The van der Waals surface area contributed by atoms with Crippen LogP contribution < -0.4 is 10.6 Å². The second-order valence-corrected chi connectivity index (χ2v) is 8.22. The molecule has 0 bridgehead atoms. The molecule has 2 aliphatic rings. The lowest BCUT2D eigenvalue weighted by molar-refractivity contribution is -0.116. The lowest BCUT2D eigenvalue weighted by Gasteiger charge is -2.34. The van der Waals surface area contributed by atoms with Crippen molar-refractivity contribution in [1.29, 1.82) is 0 Å². The number of hydrogen-bond acceptors (Lipinski definition) is 4. The maximum absolute atomic E-state index is 13.1. The molecule has 5 rings (SSSR count). The molecule has 0 spiro atoms. The lowest BCUT2D eigenvalue weighted by Crippen LogP contribution is -2.32. The van der Waals surface area contributed by atoms with Gasteiger partial charge in [-0.15, -0.1) is 0 Å². The summed E-state index contributed by atoms with van der Waals surface area (Å²) in [5.41, 5.74) is 6.11. The Balaban J connectivity index is 1.58. The largest absolute Gasteiger partial charge is 0.343 e. The maximum atomic E-state index is 13.1. The molecule has 1 amide bonds. The minimum atomic E-state index is -0.332. The second kappa shape index (κ2) is 7.54. The van der Waals surface area contributed by atoms with Gasteiger partial charge in [0.1, 0.15) is 17.4 Å².